The molecule has 3 unspecified atom stereocenters. The van der Waals surface area contributed by atoms with Gasteiger partial charge in [-0.3, -0.25) is 4.79 Å². The summed E-state index contributed by atoms with van der Waals surface area (Å²) in [5, 5.41) is 6.65. The third-order valence-corrected chi connectivity index (χ3v) is 5.17. The lowest BCUT2D eigenvalue weighted by molar-refractivity contribution is -0.123. The quantitative estimate of drug-likeness (QED) is 0.869. The number of nitrogens with one attached hydrogen (secondary N) is 2. The minimum atomic E-state index is 0.0337. The lowest BCUT2D eigenvalue weighted by Crippen LogP contribution is -2.47. The first-order chi connectivity index (χ1) is 9.24. The fraction of sp³-hybridized carbons (Fsp3) is 0.533. The highest BCUT2D eigenvalue weighted by atomic mass is 32.2. The summed E-state index contributed by atoms with van der Waals surface area (Å²) < 4.78 is 0. The van der Waals surface area contributed by atoms with Crippen molar-refractivity contribution in [3.05, 3.63) is 29.8 Å². The number of piperidine rings is 1. The predicted octanol–water partition coefficient (Wildman–Crippen LogP) is 2.13. The van der Waals surface area contributed by atoms with Gasteiger partial charge in [0, 0.05) is 22.7 Å². The van der Waals surface area contributed by atoms with Gasteiger partial charge in [0.15, 0.2) is 0 Å². The van der Waals surface area contributed by atoms with E-state index in [1.165, 1.54) is 10.5 Å². The number of hydrogen-bond donors (Lipinski definition) is 2. The van der Waals surface area contributed by atoms with E-state index in [0.29, 0.717) is 12.1 Å². The first kappa shape index (κ1) is 13.0. The summed E-state index contributed by atoms with van der Waals surface area (Å²) in [7, 11) is 0. The van der Waals surface area contributed by atoms with Crippen LogP contribution in [0.1, 0.15) is 31.2 Å². The third kappa shape index (κ3) is 2.79. The molecule has 3 nitrogen and oxygen atoms in total. The Kier molecular flexibility index (Phi) is 3.80. The molecule has 2 N–H and O–H groups in total. The summed E-state index contributed by atoms with van der Waals surface area (Å²) in [5.41, 5.74) is 1.20. The maximum Gasteiger partial charge on any atom is 0.228 e. The second-order valence-corrected chi connectivity index (χ2v) is 6.55. The second-order valence-electron chi connectivity index (χ2n) is 5.49. The van der Waals surface area contributed by atoms with E-state index in [4.69, 9.17) is 0 Å². The fourth-order valence-corrected chi connectivity index (χ4v) is 4.17. The van der Waals surface area contributed by atoms with Crippen LogP contribution in [0.4, 0.5) is 0 Å². The first-order valence-corrected chi connectivity index (χ1v) is 7.98. The molecule has 1 fully saturated rings. The largest absolute Gasteiger partial charge is 0.353 e. The molecule has 3 rings (SSSR count). The normalized spacial score (nSPS) is 29.8. The Labute approximate surface area is 118 Å². The molecule has 102 valence electrons. The number of carbonyl (C=O) groups is 1. The van der Waals surface area contributed by atoms with Crippen molar-refractivity contribution in [1.29, 1.82) is 0 Å². The fourth-order valence-electron chi connectivity index (χ4n) is 2.94. The minimum absolute atomic E-state index is 0.0337. The van der Waals surface area contributed by atoms with Crippen LogP contribution in [0.15, 0.2) is 29.2 Å². The van der Waals surface area contributed by atoms with Gasteiger partial charge in [-0.05, 0) is 37.9 Å². The molecule has 2 aliphatic heterocycles. The molecule has 1 aromatic carbocycles. The summed E-state index contributed by atoms with van der Waals surface area (Å²) in [6.07, 6.45) is 2.07. The van der Waals surface area contributed by atoms with E-state index in [1.54, 1.807) is 11.8 Å². The summed E-state index contributed by atoms with van der Waals surface area (Å²) in [6.45, 7) is 3.18. The Morgan fingerprint density at radius 3 is 3.11 bits per heavy atom. The van der Waals surface area contributed by atoms with Crippen LogP contribution in [0.2, 0.25) is 0 Å². The van der Waals surface area contributed by atoms with Crippen LogP contribution < -0.4 is 10.6 Å². The van der Waals surface area contributed by atoms with E-state index in [1.807, 2.05) is 12.1 Å². The highest BCUT2D eigenvalue weighted by molar-refractivity contribution is 7.99. The molecule has 0 bridgehead atoms. The van der Waals surface area contributed by atoms with Crippen LogP contribution in [0.3, 0.4) is 0 Å². The summed E-state index contributed by atoms with van der Waals surface area (Å²) in [5.74, 6) is 1.12. The summed E-state index contributed by atoms with van der Waals surface area (Å²) in [4.78, 5) is 13.7. The Hall–Kier alpha value is -1.00. The van der Waals surface area contributed by atoms with Gasteiger partial charge in [-0.15, -0.1) is 11.8 Å². The lowest BCUT2D eigenvalue weighted by Gasteiger charge is -2.29. The van der Waals surface area contributed by atoms with Gasteiger partial charge < -0.3 is 10.6 Å². The van der Waals surface area contributed by atoms with Gasteiger partial charge in [0.2, 0.25) is 5.91 Å². The number of benzene rings is 1. The first-order valence-electron chi connectivity index (χ1n) is 6.99. The molecule has 4 heteroatoms. The molecule has 0 aliphatic carbocycles. The van der Waals surface area contributed by atoms with Crippen LogP contribution in [0, 0.1) is 0 Å². The van der Waals surface area contributed by atoms with Gasteiger partial charge in [0.25, 0.3) is 0 Å². The zero-order valence-corrected chi connectivity index (χ0v) is 12.0. The van der Waals surface area contributed by atoms with Crippen molar-refractivity contribution in [3.8, 4) is 0 Å². The van der Waals surface area contributed by atoms with Crippen molar-refractivity contribution in [2.75, 3.05) is 12.3 Å². The monoisotopic (exact) mass is 276 g/mol. The summed E-state index contributed by atoms with van der Waals surface area (Å²) in [6, 6.07) is 9.11. The molecule has 0 spiro atoms. The number of hydrogen-bond acceptors (Lipinski definition) is 3. The van der Waals surface area contributed by atoms with E-state index in [0.717, 1.165) is 25.1 Å². The molecular formula is C15H20N2OS. The maximum absolute atomic E-state index is 12.4. The van der Waals surface area contributed by atoms with Gasteiger partial charge in [-0.25, -0.2) is 0 Å². The van der Waals surface area contributed by atoms with Crippen molar-refractivity contribution in [2.24, 2.45) is 0 Å². The zero-order valence-electron chi connectivity index (χ0n) is 11.2. The van der Waals surface area contributed by atoms with Gasteiger partial charge in [-0.2, -0.15) is 0 Å². The highest BCUT2D eigenvalue weighted by Gasteiger charge is 2.30. The molecule has 3 atom stereocenters. The van der Waals surface area contributed by atoms with Crippen LogP contribution in [0.25, 0.3) is 0 Å². The summed E-state index contributed by atoms with van der Waals surface area (Å²) >= 11 is 1.79. The van der Waals surface area contributed by atoms with Crippen molar-refractivity contribution < 1.29 is 4.79 Å². The third-order valence-electron chi connectivity index (χ3n) is 3.99. The average molecular weight is 276 g/mol. The van der Waals surface area contributed by atoms with Crippen LogP contribution in [-0.4, -0.2) is 30.3 Å². The Morgan fingerprint density at radius 1 is 1.42 bits per heavy atom. The van der Waals surface area contributed by atoms with E-state index >= 15 is 0 Å². The standard InChI is InChI=1S/C15H20N2OS/c1-10-8-11(6-7-16-10)17-15(18)13-9-19-14-5-3-2-4-12(13)14/h2-5,10-11,13,16H,6-9H2,1H3,(H,17,18). The smallest absolute Gasteiger partial charge is 0.228 e. The van der Waals surface area contributed by atoms with Crippen LogP contribution in [0.5, 0.6) is 0 Å². The second kappa shape index (κ2) is 5.55. The van der Waals surface area contributed by atoms with Crippen molar-refractivity contribution in [3.63, 3.8) is 0 Å². The number of amides is 1. The number of thioether (sulfide) groups is 1. The molecule has 2 aliphatic rings. The molecule has 1 aromatic rings. The molecule has 1 amide bonds. The zero-order chi connectivity index (χ0) is 13.2. The number of rotatable bonds is 2. The van der Waals surface area contributed by atoms with E-state index < -0.39 is 0 Å². The molecule has 0 aromatic heterocycles. The maximum atomic E-state index is 12.4. The number of fused-ring (bicyclic) bond motifs is 1. The molecular weight excluding hydrogens is 256 g/mol. The Morgan fingerprint density at radius 2 is 2.26 bits per heavy atom. The van der Waals surface area contributed by atoms with E-state index in [2.05, 4.69) is 29.7 Å². The van der Waals surface area contributed by atoms with Crippen LogP contribution in [-0.2, 0) is 4.79 Å². The van der Waals surface area contributed by atoms with Crippen molar-refractivity contribution in [2.45, 2.75) is 42.7 Å². The van der Waals surface area contributed by atoms with Gasteiger partial charge in [0.1, 0.15) is 0 Å². The van der Waals surface area contributed by atoms with Crippen molar-refractivity contribution in [1.82, 2.24) is 10.6 Å². The number of carbonyl (C=O) groups excluding carboxylic acids is 1. The molecule has 19 heavy (non-hydrogen) atoms. The van der Waals surface area contributed by atoms with Gasteiger partial charge in [0.05, 0.1) is 5.92 Å². The lowest BCUT2D eigenvalue weighted by atomic mass is 9.97. The SMILES string of the molecule is CC1CC(NC(=O)C2CSc3ccccc32)CCN1. The average Bonchev–Trinajstić information content (AvgIpc) is 2.82. The minimum Gasteiger partial charge on any atom is -0.353 e. The molecule has 1 saturated heterocycles. The van der Waals surface area contributed by atoms with Gasteiger partial charge in [-0.1, -0.05) is 18.2 Å². The molecule has 0 radical (unpaired) electrons. The Balaban J connectivity index is 1.65. The van der Waals surface area contributed by atoms with E-state index in [9.17, 15) is 4.79 Å². The Bertz CT molecular complexity index is 477. The predicted molar refractivity (Wildman–Crippen MR) is 78.5 cm³/mol. The molecule has 0 saturated carbocycles. The van der Waals surface area contributed by atoms with Crippen LogP contribution >= 0.6 is 11.8 Å². The molecule has 2 heterocycles. The topological polar surface area (TPSA) is 41.1 Å². The van der Waals surface area contributed by atoms with E-state index in [-0.39, 0.29) is 11.8 Å². The van der Waals surface area contributed by atoms with Crippen molar-refractivity contribution >= 4 is 17.7 Å². The highest BCUT2D eigenvalue weighted by Crippen LogP contribution is 2.39. The van der Waals surface area contributed by atoms with Gasteiger partial charge >= 0.3 is 0 Å².